The van der Waals surface area contributed by atoms with Gasteiger partial charge in [0.2, 0.25) is 0 Å². The average molecular weight is 419 g/mol. The summed E-state index contributed by atoms with van der Waals surface area (Å²) in [6.45, 7) is 1.97. The second-order valence-electron chi connectivity index (χ2n) is 6.42. The summed E-state index contributed by atoms with van der Waals surface area (Å²) in [6, 6.07) is 13.1. The molecule has 0 aliphatic heterocycles. The predicted octanol–water partition coefficient (Wildman–Crippen LogP) is 4.80. The first-order valence-electron chi connectivity index (χ1n) is 8.28. The average Bonchev–Trinajstić information content (AvgIpc) is 3.24. The van der Waals surface area contributed by atoms with Crippen molar-refractivity contribution < 1.29 is 17.2 Å². The third-order valence-corrected chi connectivity index (χ3v) is 6.39. The molecule has 0 atom stereocenters. The number of alkyl halides is 2. The largest absolute Gasteiger partial charge is 0.282 e. The van der Waals surface area contributed by atoms with Crippen LogP contribution in [-0.4, -0.2) is 29.4 Å². The number of thiazole rings is 1. The lowest BCUT2D eigenvalue weighted by Gasteiger charge is -2.06. The quantitative estimate of drug-likeness (QED) is 0.477. The normalized spacial score (nSPS) is 12.2. The van der Waals surface area contributed by atoms with E-state index in [-0.39, 0.29) is 10.6 Å². The Balaban J connectivity index is 1.87. The van der Waals surface area contributed by atoms with E-state index in [2.05, 4.69) is 10.1 Å². The van der Waals surface area contributed by atoms with Crippen molar-refractivity contribution in [3.63, 3.8) is 0 Å². The second kappa shape index (κ2) is 6.75. The molecule has 4 rings (SSSR count). The maximum atomic E-state index is 13.3. The number of nitrogens with zero attached hydrogens (tertiary/aromatic N) is 3. The van der Waals surface area contributed by atoms with E-state index in [1.54, 1.807) is 12.1 Å². The van der Waals surface area contributed by atoms with Gasteiger partial charge in [-0.3, -0.25) is 0 Å². The fourth-order valence-corrected chi connectivity index (χ4v) is 4.53. The second-order valence-corrected chi connectivity index (χ2v) is 9.47. The molecule has 144 valence electrons. The Morgan fingerprint density at radius 3 is 2.43 bits per heavy atom. The third-order valence-electron chi connectivity index (χ3n) is 4.22. The zero-order valence-corrected chi connectivity index (χ0v) is 16.6. The van der Waals surface area contributed by atoms with E-state index in [4.69, 9.17) is 0 Å². The van der Waals surface area contributed by atoms with Crippen molar-refractivity contribution in [2.24, 2.45) is 0 Å². The molecule has 0 amide bonds. The standard InChI is InChI=1S/C19H15F2N3O2S2/c1-11-3-8-14-17(9-11)27-19(22-14)16-10-15(18(20)21)23-24(16)12-4-6-13(7-5-12)28(2,25)26/h3-10,18H,1-2H3. The number of aromatic nitrogens is 3. The Kier molecular flexibility index (Phi) is 4.51. The van der Waals surface area contributed by atoms with Gasteiger partial charge in [-0.1, -0.05) is 6.07 Å². The maximum Gasteiger partial charge on any atom is 0.282 e. The van der Waals surface area contributed by atoms with Crippen LogP contribution in [-0.2, 0) is 9.84 Å². The van der Waals surface area contributed by atoms with Crippen molar-refractivity contribution in [1.29, 1.82) is 0 Å². The Hall–Kier alpha value is -2.65. The van der Waals surface area contributed by atoms with Crippen molar-refractivity contribution >= 4 is 31.4 Å². The molecule has 0 unspecified atom stereocenters. The molecular weight excluding hydrogens is 404 g/mol. The number of halogens is 2. The molecule has 0 saturated carbocycles. The minimum absolute atomic E-state index is 0.148. The van der Waals surface area contributed by atoms with Gasteiger partial charge < -0.3 is 0 Å². The van der Waals surface area contributed by atoms with E-state index in [0.29, 0.717) is 16.4 Å². The molecule has 5 nitrogen and oxygen atoms in total. The van der Waals surface area contributed by atoms with Crippen LogP contribution in [0.25, 0.3) is 26.6 Å². The lowest BCUT2D eigenvalue weighted by molar-refractivity contribution is 0.145. The minimum atomic E-state index is -3.35. The summed E-state index contributed by atoms with van der Waals surface area (Å²) < 4.78 is 52.2. The lowest BCUT2D eigenvalue weighted by Crippen LogP contribution is -2.02. The number of aryl methyl sites for hydroxylation is 1. The maximum absolute atomic E-state index is 13.3. The van der Waals surface area contributed by atoms with Gasteiger partial charge in [0, 0.05) is 6.26 Å². The first-order chi connectivity index (χ1) is 13.2. The first-order valence-corrected chi connectivity index (χ1v) is 11.0. The molecule has 0 saturated heterocycles. The number of fused-ring (bicyclic) bond motifs is 1. The highest BCUT2D eigenvalue weighted by Gasteiger charge is 2.20. The van der Waals surface area contributed by atoms with Crippen molar-refractivity contribution in [2.45, 2.75) is 18.2 Å². The van der Waals surface area contributed by atoms with Crippen LogP contribution in [0.2, 0.25) is 0 Å². The zero-order chi connectivity index (χ0) is 20.1. The molecule has 2 aromatic carbocycles. The summed E-state index contributed by atoms with van der Waals surface area (Å²) in [5, 5.41) is 4.58. The molecule has 9 heteroatoms. The van der Waals surface area contributed by atoms with Gasteiger partial charge in [0.15, 0.2) is 9.84 Å². The van der Waals surface area contributed by atoms with E-state index in [0.717, 1.165) is 22.0 Å². The Morgan fingerprint density at radius 2 is 1.79 bits per heavy atom. The highest BCUT2D eigenvalue weighted by molar-refractivity contribution is 7.90. The Morgan fingerprint density at radius 1 is 1.07 bits per heavy atom. The highest BCUT2D eigenvalue weighted by Crippen LogP contribution is 2.34. The van der Waals surface area contributed by atoms with Gasteiger partial charge in [0.05, 0.1) is 20.8 Å². The molecule has 0 bridgehead atoms. The van der Waals surface area contributed by atoms with Gasteiger partial charge in [-0.2, -0.15) is 5.10 Å². The Bertz CT molecular complexity index is 1280. The SMILES string of the molecule is Cc1ccc2nc(-c3cc(C(F)F)nn3-c3ccc(S(C)(=O)=O)cc3)sc2c1. The molecule has 4 aromatic rings. The van der Waals surface area contributed by atoms with Gasteiger partial charge >= 0.3 is 0 Å². The number of rotatable bonds is 4. The highest BCUT2D eigenvalue weighted by atomic mass is 32.2. The summed E-state index contributed by atoms with van der Waals surface area (Å²) in [5.41, 5.74) is 2.41. The number of hydrogen-bond donors (Lipinski definition) is 0. The fraction of sp³-hybridized carbons (Fsp3) is 0.158. The van der Waals surface area contributed by atoms with Crippen molar-refractivity contribution in [3.05, 3.63) is 59.8 Å². The van der Waals surface area contributed by atoms with Gasteiger partial charge in [0.1, 0.15) is 16.4 Å². The number of hydrogen-bond acceptors (Lipinski definition) is 5. The smallest absolute Gasteiger partial charge is 0.234 e. The lowest BCUT2D eigenvalue weighted by atomic mass is 10.2. The van der Waals surface area contributed by atoms with Crippen LogP contribution < -0.4 is 0 Å². The van der Waals surface area contributed by atoms with E-state index in [1.165, 1.54) is 34.2 Å². The van der Waals surface area contributed by atoms with E-state index >= 15 is 0 Å². The van der Waals surface area contributed by atoms with Crippen LogP contribution in [0.5, 0.6) is 0 Å². The van der Waals surface area contributed by atoms with Crippen molar-refractivity contribution in [3.8, 4) is 16.4 Å². The summed E-state index contributed by atoms with van der Waals surface area (Å²) in [4.78, 5) is 4.70. The molecule has 0 aliphatic rings. The minimum Gasteiger partial charge on any atom is -0.234 e. The molecule has 2 aromatic heterocycles. The van der Waals surface area contributed by atoms with Gasteiger partial charge in [-0.05, 0) is 55.0 Å². The summed E-state index contributed by atoms with van der Waals surface area (Å²) in [7, 11) is -3.35. The number of sulfone groups is 1. The Labute approximate surface area is 164 Å². The molecule has 0 fully saturated rings. The van der Waals surface area contributed by atoms with Crippen LogP contribution in [0.1, 0.15) is 17.7 Å². The van der Waals surface area contributed by atoms with Crippen molar-refractivity contribution in [2.75, 3.05) is 6.26 Å². The number of benzene rings is 2. The molecule has 0 N–H and O–H groups in total. The van der Waals surface area contributed by atoms with E-state index in [1.807, 2.05) is 25.1 Å². The fourth-order valence-electron chi connectivity index (χ4n) is 2.83. The van der Waals surface area contributed by atoms with Crippen LogP contribution in [0.4, 0.5) is 8.78 Å². The van der Waals surface area contributed by atoms with Gasteiger partial charge in [-0.15, -0.1) is 11.3 Å². The summed E-state index contributed by atoms with van der Waals surface area (Å²) >= 11 is 1.39. The van der Waals surface area contributed by atoms with Crippen LogP contribution in [0.15, 0.2) is 53.4 Å². The predicted molar refractivity (Wildman–Crippen MR) is 105 cm³/mol. The zero-order valence-electron chi connectivity index (χ0n) is 14.9. The van der Waals surface area contributed by atoms with E-state index in [9.17, 15) is 17.2 Å². The molecular formula is C19H15F2N3O2S2. The first kappa shape index (κ1) is 18.7. The molecule has 2 heterocycles. The van der Waals surface area contributed by atoms with Gasteiger partial charge in [0.25, 0.3) is 6.43 Å². The van der Waals surface area contributed by atoms with Crippen LogP contribution in [0, 0.1) is 6.92 Å². The van der Waals surface area contributed by atoms with Crippen molar-refractivity contribution in [1.82, 2.24) is 14.8 Å². The molecule has 0 radical (unpaired) electrons. The van der Waals surface area contributed by atoms with Crippen LogP contribution >= 0.6 is 11.3 Å². The van der Waals surface area contributed by atoms with Gasteiger partial charge in [-0.25, -0.2) is 26.9 Å². The summed E-state index contributed by atoms with van der Waals surface area (Å²) in [5.74, 6) is 0. The monoisotopic (exact) mass is 419 g/mol. The molecule has 0 spiro atoms. The van der Waals surface area contributed by atoms with E-state index < -0.39 is 16.3 Å². The molecule has 0 aliphatic carbocycles. The third kappa shape index (κ3) is 3.43. The molecule has 28 heavy (non-hydrogen) atoms. The summed E-state index contributed by atoms with van der Waals surface area (Å²) in [6.07, 6.45) is -1.62. The topological polar surface area (TPSA) is 64.8 Å². The van der Waals surface area contributed by atoms with Crippen LogP contribution in [0.3, 0.4) is 0 Å².